The molecule has 0 bridgehead atoms. The van der Waals surface area contributed by atoms with E-state index in [2.05, 4.69) is 20.3 Å². The van der Waals surface area contributed by atoms with Gasteiger partial charge in [-0.25, -0.2) is 15.0 Å². The van der Waals surface area contributed by atoms with E-state index in [0.29, 0.717) is 22.3 Å². The minimum atomic E-state index is -0.869. The molecule has 31 heavy (non-hydrogen) atoms. The second-order valence-electron chi connectivity index (χ2n) is 7.97. The standard InChI is InChI=1S/C22H22ClN5O2S/c1-12-9-24-21(15-11-26-20-14(15)7-13(23)10-25-20)28-19(12)27-16(8-18(29)30)22(2,3)17-5-4-6-31-17/h4-7,9-11,16H,8H2,1-3H3,(H,25,26)(H,29,30)(H,24,27,28). The maximum atomic E-state index is 11.6. The number of aliphatic carboxylic acids is 1. The molecule has 0 aliphatic heterocycles. The second kappa shape index (κ2) is 8.28. The monoisotopic (exact) mass is 455 g/mol. The number of carboxylic acids is 1. The van der Waals surface area contributed by atoms with Gasteiger partial charge in [0.2, 0.25) is 0 Å². The van der Waals surface area contributed by atoms with E-state index in [9.17, 15) is 9.90 Å². The van der Waals surface area contributed by atoms with Gasteiger partial charge in [-0.1, -0.05) is 31.5 Å². The van der Waals surface area contributed by atoms with E-state index in [1.807, 2.05) is 44.4 Å². The Labute approximate surface area is 188 Å². The highest BCUT2D eigenvalue weighted by Gasteiger charge is 2.34. The zero-order chi connectivity index (χ0) is 22.2. The maximum Gasteiger partial charge on any atom is 0.305 e. The minimum Gasteiger partial charge on any atom is -0.481 e. The van der Waals surface area contributed by atoms with Crippen LogP contribution in [0.2, 0.25) is 5.02 Å². The van der Waals surface area contributed by atoms with Crippen molar-refractivity contribution >= 4 is 45.8 Å². The Morgan fingerprint density at radius 2 is 2.16 bits per heavy atom. The lowest BCUT2D eigenvalue weighted by Gasteiger charge is -2.34. The van der Waals surface area contributed by atoms with Gasteiger partial charge in [-0.2, -0.15) is 0 Å². The van der Waals surface area contributed by atoms with Gasteiger partial charge in [0.25, 0.3) is 0 Å². The summed E-state index contributed by atoms with van der Waals surface area (Å²) in [5.41, 5.74) is 1.89. The minimum absolute atomic E-state index is 0.0453. The van der Waals surface area contributed by atoms with Gasteiger partial charge in [0.15, 0.2) is 5.82 Å². The van der Waals surface area contributed by atoms with Crippen molar-refractivity contribution in [3.8, 4) is 11.4 Å². The van der Waals surface area contributed by atoms with E-state index >= 15 is 0 Å². The number of thiophene rings is 1. The molecule has 0 saturated heterocycles. The molecule has 1 unspecified atom stereocenters. The SMILES string of the molecule is Cc1cnc(-c2c[nH]c3ncc(Cl)cc23)nc1NC(CC(=O)O)C(C)(C)c1cccs1. The molecule has 0 fully saturated rings. The number of hydrogen-bond donors (Lipinski definition) is 3. The molecule has 0 saturated carbocycles. The molecule has 4 heterocycles. The van der Waals surface area contributed by atoms with Crippen LogP contribution in [0, 0.1) is 6.92 Å². The van der Waals surface area contributed by atoms with Gasteiger partial charge in [-0.15, -0.1) is 11.3 Å². The molecule has 0 aliphatic rings. The van der Waals surface area contributed by atoms with Crippen LogP contribution in [0.3, 0.4) is 0 Å². The fraction of sp³-hybridized carbons (Fsp3) is 0.273. The van der Waals surface area contributed by atoms with Crippen molar-refractivity contribution in [2.75, 3.05) is 5.32 Å². The largest absolute Gasteiger partial charge is 0.481 e. The van der Waals surface area contributed by atoms with Gasteiger partial charge in [0, 0.05) is 51.4 Å². The van der Waals surface area contributed by atoms with Crippen molar-refractivity contribution in [1.82, 2.24) is 19.9 Å². The first-order chi connectivity index (χ1) is 14.8. The zero-order valence-electron chi connectivity index (χ0n) is 17.3. The Morgan fingerprint density at radius 3 is 2.87 bits per heavy atom. The van der Waals surface area contributed by atoms with E-state index in [-0.39, 0.29) is 12.5 Å². The molecule has 7 nitrogen and oxygen atoms in total. The molecule has 4 rings (SSSR count). The van der Waals surface area contributed by atoms with Crippen molar-refractivity contribution in [3.05, 3.63) is 57.6 Å². The first-order valence-corrected chi connectivity index (χ1v) is 11.0. The number of pyridine rings is 1. The molecule has 1 atom stereocenters. The zero-order valence-corrected chi connectivity index (χ0v) is 18.9. The van der Waals surface area contributed by atoms with Gasteiger partial charge in [-0.3, -0.25) is 4.79 Å². The average Bonchev–Trinajstić information content (AvgIpc) is 3.39. The number of aryl methyl sites for hydroxylation is 1. The fourth-order valence-electron chi connectivity index (χ4n) is 3.52. The fourth-order valence-corrected chi connectivity index (χ4v) is 4.59. The summed E-state index contributed by atoms with van der Waals surface area (Å²) in [6.45, 7) is 5.99. The number of anilines is 1. The number of halogens is 1. The van der Waals surface area contributed by atoms with Crippen LogP contribution in [-0.2, 0) is 10.2 Å². The van der Waals surface area contributed by atoms with Crippen LogP contribution in [0.5, 0.6) is 0 Å². The summed E-state index contributed by atoms with van der Waals surface area (Å²) in [5.74, 6) is 0.239. The Kier molecular flexibility index (Phi) is 5.68. The predicted octanol–water partition coefficient (Wildman–Crippen LogP) is 5.28. The molecule has 0 amide bonds. The van der Waals surface area contributed by atoms with E-state index in [0.717, 1.165) is 21.4 Å². The normalized spacial score (nSPS) is 12.8. The van der Waals surface area contributed by atoms with Gasteiger partial charge >= 0.3 is 5.97 Å². The summed E-state index contributed by atoms with van der Waals surface area (Å²) >= 11 is 7.74. The second-order valence-corrected chi connectivity index (χ2v) is 9.36. The number of rotatable bonds is 7. The van der Waals surface area contributed by atoms with Gasteiger partial charge in [0.05, 0.1) is 11.4 Å². The molecule has 0 radical (unpaired) electrons. The molecular weight excluding hydrogens is 434 g/mol. The molecule has 9 heteroatoms. The number of carbonyl (C=O) groups is 1. The number of nitrogens with zero attached hydrogens (tertiary/aromatic N) is 3. The first-order valence-electron chi connectivity index (χ1n) is 9.74. The van der Waals surface area contributed by atoms with Crippen molar-refractivity contribution in [1.29, 1.82) is 0 Å². The summed E-state index contributed by atoms with van der Waals surface area (Å²) in [5, 5.41) is 16.3. The van der Waals surface area contributed by atoms with Crippen LogP contribution in [-0.4, -0.2) is 37.1 Å². The van der Waals surface area contributed by atoms with Crippen LogP contribution in [0.1, 0.15) is 30.7 Å². The van der Waals surface area contributed by atoms with E-state index in [4.69, 9.17) is 16.6 Å². The summed E-state index contributed by atoms with van der Waals surface area (Å²) in [4.78, 5) is 29.4. The highest BCUT2D eigenvalue weighted by atomic mass is 35.5. The van der Waals surface area contributed by atoms with Crippen molar-refractivity contribution < 1.29 is 9.90 Å². The Bertz CT molecular complexity index is 1240. The number of carboxylic acid groups (broad SMARTS) is 1. The predicted molar refractivity (Wildman–Crippen MR) is 124 cm³/mol. The summed E-state index contributed by atoms with van der Waals surface area (Å²) in [6.07, 6.45) is 5.07. The van der Waals surface area contributed by atoms with Crippen LogP contribution in [0.15, 0.2) is 42.2 Å². The third-order valence-electron chi connectivity index (χ3n) is 5.43. The van der Waals surface area contributed by atoms with Crippen molar-refractivity contribution in [3.63, 3.8) is 0 Å². The number of nitrogens with one attached hydrogen (secondary N) is 2. The lowest BCUT2D eigenvalue weighted by Crippen LogP contribution is -2.41. The lowest BCUT2D eigenvalue weighted by atomic mass is 9.81. The first kappa shape index (κ1) is 21.3. The Hall–Kier alpha value is -2.97. The Balaban J connectivity index is 1.73. The van der Waals surface area contributed by atoms with E-state index < -0.39 is 11.4 Å². The van der Waals surface area contributed by atoms with Crippen LogP contribution >= 0.6 is 22.9 Å². The third kappa shape index (κ3) is 4.26. The van der Waals surface area contributed by atoms with Gasteiger partial charge in [-0.05, 0) is 24.4 Å². The molecule has 4 aromatic heterocycles. The van der Waals surface area contributed by atoms with Gasteiger partial charge < -0.3 is 15.4 Å². The average molecular weight is 456 g/mol. The summed E-state index contributed by atoms with van der Waals surface area (Å²) in [6, 6.07) is 5.45. The third-order valence-corrected chi connectivity index (χ3v) is 6.84. The summed E-state index contributed by atoms with van der Waals surface area (Å²) in [7, 11) is 0. The number of hydrogen-bond acceptors (Lipinski definition) is 6. The van der Waals surface area contributed by atoms with Crippen molar-refractivity contribution in [2.45, 2.75) is 38.6 Å². The molecule has 3 N–H and O–H groups in total. The molecular formula is C22H22ClN5O2S. The topological polar surface area (TPSA) is 104 Å². The van der Waals surface area contributed by atoms with E-state index in [1.165, 1.54) is 0 Å². The van der Waals surface area contributed by atoms with Gasteiger partial charge in [0.1, 0.15) is 11.5 Å². The number of fused-ring (bicyclic) bond motifs is 1. The lowest BCUT2D eigenvalue weighted by molar-refractivity contribution is -0.137. The molecule has 0 spiro atoms. The highest BCUT2D eigenvalue weighted by molar-refractivity contribution is 7.10. The van der Waals surface area contributed by atoms with Crippen LogP contribution in [0.25, 0.3) is 22.4 Å². The smallest absolute Gasteiger partial charge is 0.305 e. The molecule has 0 aliphatic carbocycles. The number of aromatic nitrogens is 4. The van der Waals surface area contributed by atoms with Crippen molar-refractivity contribution in [2.24, 2.45) is 0 Å². The number of aromatic amines is 1. The molecule has 4 aromatic rings. The van der Waals surface area contributed by atoms with E-state index in [1.54, 1.807) is 29.9 Å². The summed E-state index contributed by atoms with van der Waals surface area (Å²) < 4.78 is 0. The highest BCUT2D eigenvalue weighted by Crippen LogP contribution is 2.35. The Morgan fingerprint density at radius 1 is 1.35 bits per heavy atom. The van der Waals surface area contributed by atoms with Crippen LogP contribution < -0.4 is 5.32 Å². The maximum absolute atomic E-state index is 11.6. The molecule has 0 aromatic carbocycles. The quantitative estimate of drug-likeness (QED) is 0.350. The number of H-pyrrole nitrogens is 1. The molecule has 160 valence electrons. The van der Waals surface area contributed by atoms with Crippen LogP contribution in [0.4, 0.5) is 5.82 Å².